The third kappa shape index (κ3) is 4.17. The van der Waals surface area contributed by atoms with Gasteiger partial charge in [0.2, 0.25) is 0 Å². The quantitative estimate of drug-likeness (QED) is 0.797. The largest absolute Gasteiger partial charge is 0.468 e. The Labute approximate surface area is 104 Å². The summed E-state index contributed by atoms with van der Waals surface area (Å²) in [7, 11) is 0. The Kier molecular flexibility index (Phi) is 5.08. The summed E-state index contributed by atoms with van der Waals surface area (Å²) in [6.07, 6.45) is 7.26. The van der Waals surface area contributed by atoms with E-state index in [1.165, 1.54) is 32.2 Å². The van der Waals surface area contributed by atoms with Crippen LogP contribution in [0.15, 0.2) is 22.8 Å². The monoisotopic (exact) mass is 236 g/mol. The zero-order valence-electron chi connectivity index (χ0n) is 10.8. The van der Waals surface area contributed by atoms with Crippen molar-refractivity contribution in [3.63, 3.8) is 0 Å². The lowest BCUT2D eigenvalue weighted by molar-refractivity contribution is 0.213. The van der Waals surface area contributed by atoms with Gasteiger partial charge in [0.1, 0.15) is 5.76 Å². The lowest BCUT2D eigenvalue weighted by Gasteiger charge is -2.26. The van der Waals surface area contributed by atoms with E-state index in [0.29, 0.717) is 0 Å². The Balaban J connectivity index is 1.63. The van der Waals surface area contributed by atoms with Crippen LogP contribution in [0.3, 0.4) is 0 Å². The zero-order chi connectivity index (χ0) is 11.9. The minimum Gasteiger partial charge on any atom is -0.468 e. The summed E-state index contributed by atoms with van der Waals surface area (Å²) in [5.74, 6) is 1.02. The van der Waals surface area contributed by atoms with Crippen molar-refractivity contribution < 1.29 is 4.42 Å². The van der Waals surface area contributed by atoms with Crippen molar-refractivity contribution in [3.8, 4) is 0 Å². The first-order valence-electron chi connectivity index (χ1n) is 6.83. The van der Waals surface area contributed by atoms with E-state index >= 15 is 0 Å². The van der Waals surface area contributed by atoms with E-state index in [1.807, 2.05) is 12.1 Å². The third-order valence-electron chi connectivity index (χ3n) is 3.65. The summed E-state index contributed by atoms with van der Waals surface area (Å²) in [6.45, 7) is 6.67. The Morgan fingerprint density at radius 2 is 2.35 bits per heavy atom. The summed E-state index contributed by atoms with van der Waals surface area (Å²) in [6, 6.07) is 4.71. The van der Waals surface area contributed by atoms with Crippen molar-refractivity contribution in [3.05, 3.63) is 24.2 Å². The van der Waals surface area contributed by atoms with E-state index in [-0.39, 0.29) is 0 Å². The number of nitrogens with zero attached hydrogens (tertiary/aromatic N) is 1. The Morgan fingerprint density at radius 1 is 1.41 bits per heavy atom. The van der Waals surface area contributed by atoms with E-state index in [9.17, 15) is 0 Å². The normalized spacial score (nSPS) is 22.5. The molecule has 0 spiro atoms. The van der Waals surface area contributed by atoms with Crippen molar-refractivity contribution in [2.24, 2.45) is 0 Å². The highest BCUT2D eigenvalue weighted by Gasteiger charge is 2.15. The molecule has 0 bridgehead atoms. The van der Waals surface area contributed by atoms with E-state index in [4.69, 9.17) is 4.42 Å². The van der Waals surface area contributed by atoms with Crippen LogP contribution in [0.5, 0.6) is 0 Å². The molecule has 1 fully saturated rings. The predicted octanol–water partition coefficient (Wildman–Crippen LogP) is 2.63. The first kappa shape index (κ1) is 12.7. The molecule has 1 unspecified atom stereocenters. The molecule has 0 aliphatic carbocycles. The molecule has 2 heterocycles. The molecule has 1 atom stereocenters. The van der Waals surface area contributed by atoms with Crippen LogP contribution in [0, 0.1) is 0 Å². The fraction of sp³-hybridized carbons (Fsp3) is 0.714. The van der Waals surface area contributed by atoms with Gasteiger partial charge in [-0.25, -0.2) is 0 Å². The molecule has 1 aliphatic rings. The van der Waals surface area contributed by atoms with Crippen LogP contribution in [-0.2, 0) is 6.54 Å². The predicted molar refractivity (Wildman–Crippen MR) is 69.9 cm³/mol. The minimum absolute atomic E-state index is 0.753. The summed E-state index contributed by atoms with van der Waals surface area (Å²) in [5.41, 5.74) is 0. The average Bonchev–Trinajstić information content (AvgIpc) is 2.76. The van der Waals surface area contributed by atoms with Gasteiger partial charge < -0.3 is 9.73 Å². The smallest absolute Gasteiger partial charge is 0.117 e. The second-order valence-electron chi connectivity index (χ2n) is 4.99. The molecule has 1 saturated heterocycles. The van der Waals surface area contributed by atoms with Gasteiger partial charge in [0.15, 0.2) is 0 Å². The van der Waals surface area contributed by atoms with Crippen molar-refractivity contribution in [2.45, 2.75) is 45.2 Å². The molecule has 2 rings (SSSR count). The van der Waals surface area contributed by atoms with Crippen molar-refractivity contribution in [1.82, 2.24) is 10.2 Å². The third-order valence-corrected chi connectivity index (χ3v) is 3.65. The van der Waals surface area contributed by atoms with Gasteiger partial charge in [0.05, 0.1) is 12.8 Å². The molecule has 3 nitrogen and oxygen atoms in total. The molecular formula is C14H24N2O. The fourth-order valence-corrected chi connectivity index (χ4v) is 2.51. The number of hydrogen-bond donors (Lipinski definition) is 1. The van der Waals surface area contributed by atoms with E-state index in [1.54, 1.807) is 6.26 Å². The van der Waals surface area contributed by atoms with Gasteiger partial charge in [-0.05, 0) is 38.4 Å². The molecule has 0 amide bonds. The van der Waals surface area contributed by atoms with Gasteiger partial charge in [-0.3, -0.25) is 4.90 Å². The fourth-order valence-electron chi connectivity index (χ4n) is 2.51. The van der Waals surface area contributed by atoms with Crippen LogP contribution in [0.2, 0.25) is 0 Å². The molecule has 96 valence electrons. The van der Waals surface area contributed by atoms with E-state index in [0.717, 1.165) is 31.4 Å². The van der Waals surface area contributed by atoms with Crippen LogP contribution in [0.4, 0.5) is 0 Å². The molecule has 3 heteroatoms. The van der Waals surface area contributed by atoms with Crippen molar-refractivity contribution in [2.75, 3.05) is 19.6 Å². The highest BCUT2D eigenvalue weighted by molar-refractivity contribution is 4.97. The van der Waals surface area contributed by atoms with Crippen molar-refractivity contribution in [1.29, 1.82) is 0 Å². The van der Waals surface area contributed by atoms with Crippen LogP contribution < -0.4 is 5.32 Å². The summed E-state index contributed by atoms with van der Waals surface area (Å²) < 4.78 is 5.29. The first-order valence-corrected chi connectivity index (χ1v) is 6.83. The Hall–Kier alpha value is -0.800. The minimum atomic E-state index is 0.753. The summed E-state index contributed by atoms with van der Waals surface area (Å²) in [5, 5.41) is 3.44. The van der Waals surface area contributed by atoms with Crippen LogP contribution >= 0.6 is 0 Å². The molecule has 1 aromatic rings. The molecule has 17 heavy (non-hydrogen) atoms. The molecule has 0 saturated carbocycles. The number of likely N-dealkylation sites (tertiary alicyclic amines) is 1. The number of nitrogens with one attached hydrogen (secondary N) is 1. The SMILES string of the molecule is CC1CCCCCN1CCNCc1ccco1. The van der Waals surface area contributed by atoms with Gasteiger partial charge in [-0.1, -0.05) is 12.8 Å². The molecule has 0 aromatic carbocycles. The van der Waals surface area contributed by atoms with Gasteiger partial charge >= 0.3 is 0 Å². The highest BCUT2D eigenvalue weighted by Crippen LogP contribution is 2.15. The van der Waals surface area contributed by atoms with Gasteiger partial charge in [0, 0.05) is 19.1 Å². The molecule has 1 N–H and O–H groups in total. The molecule has 0 radical (unpaired) electrons. The molecular weight excluding hydrogens is 212 g/mol. The van der Waals surface area contributed by atoms with Crippen LogP contribution in [-0.4, -0.2) is 30.6 Å². The molecule has 1 aliphatic heterocycles. The molecule has 1 aromatic heterocycles. The Bertz CT molecular complexity index is 297. The maximum atomic E-state index is 5.29. The first-order chi connectivity index (χ1) is 8.36. The van der Waals surface area contributed by atoms with E-state index in [2.05, 4.69) is 17.1 Å². The van der Waals surface area contributed by atoms with E-state index < -0.39 is 0 Å². The summed E-state index contributed by atoms with van der Waals surface area (Å²) >= 11 is 0. The second-order valence-corrected chi connectivity index (χ2v) is 4.99. The second kappa shape index (κ2) is 6.82. The van der Waals surface area contributed by atoms with Gasteiger partial charge in [0.25, 0.3) is 0 Å². The summed E-state index contributed by atoms with van der Waals surface area (Å²) in [4.78, 5) is 2.61. The highest BCUT2D eigenvalue weighted by atomic mass is 16.3. The topological polar surface area (TPSA) is 28.4 Å². The lowest BCUT2D eigenvalue weighted by Crippen LogP contribution is -2.37. The number of hydrogen-bond acceptors (Lipinski definition) is 3. The maximum absolute atomic E-state index is 5.29. The lowest BCUT2D eigenvalue weighted by atomic mass is 10.1. The Morgan fingerprint density at radius 3 is 3.18 bits per heavy atom. The number of rotatable bonds is 5. The van der Waals surface area contributed by atoms with Crippen molar-refractivity contribution >= 4 is 0 Å². The van der Waals surface area contributed by atoms with Crippen LogP contribution in [0.1, 0.15) is 38.4 Å². The zero-order valence-corrected chi connectivity index (χ0v) is 10.8. The maximum Gasteiger partial charge on any atom is 0.117 e. The number of furan rings is 1. The van der Waals surface area contributed by atoms with Crippen LogP contribution in [0.25, 0.3) is 0 Å². The van der Waals surface area contributed by atoms with Gasteiger partial charge in [-0.15, -0.1) is 0 Å². The van der Waals surface area contributed by atoms with Gasteiger partial charge in [-0.2, -0.15) is 0 Å². The average molecular weight is 236 g/mol. The standard InChI is InChI=1S/C14H24N2O/c1-13-6-3-2-4-9-16(13)10-8-15-12-14-7-5-11-17-14/h5,7,11,13,15H,2-4,6,8-10,12H2,1H3.